The van der Waals surface area contributed by atoms with Crippen LogP contribution in [0.2, 0.25) is 0 Å². The van der Waals surface area contributed by atoms with E-state index in [1.165, 1.54) is 6.20 Å². The Kier molecular flexibility index (Phi) is 4.89. The lowest BCUT2D eigenvalue weighted by Gasteiger charge is -2.33. The Labute approximate surface area is 129 Å². The lowest BCUT2D eigenvalue weighted by molar-refractivity contribution is 0.0202. The van der Waals surface area contributed by atoms with Crippen molar-refractivity contribution in [2.45, 2.75) is 45.3 Å². The SMILES string of the molecule is CC(C)(C)OC(=O)N1CCC(NC(=O)Nc2cn[nH]c2)CC1. The third-order valence-corrected chi connectivity index (χ3v) is 3.24. The number of aromatic amines is 1. The number of piperidine rings is 1. The molecular formula is C14H23N5O3. The zero-order valence-electron chi connectivity index (χ0n) is 13.2. The molecule has 0 bridgehead atoms. The van der Waals surface area contributed by atoms with Crippen LogP contribution in [0.3, 0.4) is 0 Å². The number of amides is 3. The first kappa shape index (κ1) is 16.1. The molecule has 1 aliphatic heterocycles. The van der Waals surface area contributed by atoms with Crippen molar-refractivity contribution in [2.75, 3.05) is 18.4 Å². The number of carbonyl (C=O) groups is 2. The summed E-state index contributed by atoms with van der Waals surface area (Å²) in [6, 6.07) is -0.220. The number of nitrogens with zero attached hydrogens (tertiary/aromatic N) is 2. The number of nitrogens with one attached hydrogen (secondary N) is 3. The molecule has 1 aliphatic rings. The van der Waals surface area contributed by atoms with Crippen LogP contribution in [0, 0.1) is 0 Å². The smallest absolute Gasteiger partial charge is 0.410 e. The normalized spacial score (nSPS) is 16.2. The van der Waals surface area contributed by atoms with Crippen LogP contribution >= 0.6 is 0 Å². The minimum Gasteiger partial charge on any atom is -0.444 e. The van der Waals surface area contributed by atoms with Gasteiger partial charge in [-0.3, -0.25) is 5.10 Å². The largest absolute Gasteiger partial charge is 0.444 e. The van der Waals surface area contributed by atoms with Crippen molar-refractivity contribution in [3.63, 3.8) is 0 Å². The zero-order chi connectivity index (χ0) is 16.2. The van der Waals surface area contributed by atoms with E-state index < -0.39 is 5.60 Å². The van der Waals surface area contributed by atoms with Gasteiger partial charge in [0, 0.05) is 25.3 Å². The van der Waals surface area contributed by atoms with Crippen LogP contribution in [0.1, 0.15) is 33.6 Å². The number of hydrogen-bond acceptors (Lipinski definition) is 4. The second-order valence-electron chi connectivity index (χ2n) is 6.33. The van der Waals surface area contributed by atoms with Crippen molar-refractivity contribution in [3.8, 4) is 0 Å². The molecule has 0 aliphatic carbocycles. The molecule has 0 atom stereocenters. The molecule has 0 radical (unpaired) electrons. The summed E-state index contributed by atoms with van der Waals surface area (Å²) >= 11 is 0. The van der Waals surface area contributed by atoms with E-state index in [0.717, 1.165) is 0 Å². The number of H-pyrrole nitrogens is 1. The van der Waals surface area contributed by atoms with Crippen LogP contribution in [-0.2, 0) is 4.74 Å². The number of urea groups is 1. The molecule has 2 rings (SSSR count). The number of hydrogen-bond donors (Lipinski definition) is 3. The summed E-state index contributed by atoms with van der Waals surface area (Å²) in [7, 11) is 0. The first-order chi connectivity index (χ1) is 10.3. The van der Waals surface area contributed by atoms with E-state index in [1.54, 1.807) is 11.1 Å². The lowest BCUT2D eigenvalue weighted by atomic mass is 10.1. The molecule has 1 aromatic heterocycles. The fraction of sp³-hybridized carbons (Fsp3) is 0.643. The third-order valence-electron chi connectivity index (χ3n) is 3.24. The predicted molar refractivity (Wildman–Crippen MR) is 81.6 cm³/mol. The van der Waals surface area contributed by atoms with E-state index in [-0.39, 0.29) is 18.2 Å². The Balaban J connectivity index is 1.73. The van der Waals surface area contributed by atoms with Gasteiger partial charge in [0.25, 0.3) is 0 Å². The average molecular weight is 309 g/mol. The molecule has 0 aromatic carbocycles. The molecule has 1 fully saturated rings. The Morgan fingerprint density at radius 3 is 2.59 bits per heavy atom. The number of aromatic nitrogens is 2. The first-order valence-electron chi connectivity index (χ1n) is 7.38. The van der Waals surface area contributed by atoms with Gasteiger partial charge in [-0.15, -0.1) is 0 Å². The lowest BCUT2D eigenvalue weighted by Crippen LogP contribution is -2.48. The number of ether oxygens (including phenoxy) is 1. The molecule has 8 nitrogen and oxygen atoms in total. The minimum absolute atomic E-state index is 0.0468. The first-order valence-corrected chi connectivity index (χ1v) is 7.38. The summed E-state index contributed by atoms with van der Waals surface area (Å²) in [5.41, 5.74) is 0.125. The van der Waals surface area contributed by atoms with Gasteiger partial charge in [0.05, 0.1) is 11.9 Å². The van der Waals surface area contributed by atoms with Crippen molar-refractivity contribution in [1.82, 2.24) is 20.4 Å². The van der Waals surface area contributed by atoms with Gasteiger partial charge in [-0.2, -0.15) is 5.10 Å². The van der Waals surface area contributed by atoms with Gasteiger partial charge >= 0.3 is 12.1 Å². The number of anilines is 1. The topological polar surface area (TPSA) is 99.3 Å². The highest BCUT2D eigenvalue weighted by atomic mass is 16.6. The maximum atomic E-state index is 11.9. The molecule has 0 spiro atoms. The Morgan fingerprint density at radius 2 is 2.05 bits per heavy atom. The summed E-state index contributed by atoms with van der Waals surface area (Å²) < 4.78 is 5.34. The van der Waals surface area contributed by atoms with E-state index in [4.69, 9.17) is 4.74 Å². The van der Waals surface area contributed by atoms with Crippen molar-refractivity contribution in [1.29, 1.82) is 0 Å². The molecule has 0 saturated carbocycles. The molecule has 1 saturated heterocycles. The number of likely N-dealkylation sites (tertiary alicyclic amines) is 1. The van der Waals surface area contributed by atoms with E-state index in [1.807, 2.05) is 20.8 Å². The van der Waals surface area contributed by atoms with Crippen molar-refractivity contribution in [2.24, 2.45) is 0 Å². The van der Waals surface area contributed by atoms with Gasteiger partial charge < -0.3 is 20.3 Å². The Bertz CT molecular complexity index is 501. The predicted octanol–water partition coefficient (Wildman–Crippen LogP) is 1.93. The maximum Gasteiger partial charge on any atom is 0.410 e. The molecule has 3 amide bonds. The van der Waals surface area contributed by atoms with Gasteiger partial charge in [-0.05, 0) is 33.6 Å². The molecule has 8 heteroatoms. The Hall–Kier alpha value is -2.25. The van der Waals surface area contributed by atoms with Crippen molar-refractivity contribution < 1.29 is 14.3 Å². The minimum atomic E-state index is -0.489. The highest BCUT2D eigenvalue weighted by molar-refractivity contribution is 5.89. The summed E-state index contributed by atoms with van der Waals surface area (Å²) in [4.78, 5) is 25.4. The standard InChI is InChI=1S/C14H23N5O3/c1-14(2,3)22-13(21)19-6-4-10(5-7-19)17-12(20)18-11-8-15-16-9-11/h8-10H,4-7H2,1-3H3,(H,15,16)(H2,17,18,20). The summed E-state index contributed by atoms with van der Waals surface area (Å²) in [5, 5.41) is 12.0. The second kappa shape index (κ2) is 6.67. The second-order valence-corrected chi connectivity index (χ2v) is 6.33. The fourth-order valence-corrected chi connectivity index (χ4v) is 2.20. The molecular weight excluding hydrogens is 286 g/mol. The third kappa shape index (κ3) is 4.94. The highest BCUT2D eigenvalue weighted by Gasteiger charge is 2.27. The zero-order valence-corrected chi connectivity index (χ0v) is 13.2. The quantitative estimate of drug-likeness (QED) is 0.777. The van der Waals surface area contributed by atoms with Crippen LogP contribution in [0.25, 0.3) is 0 Å². The number of rotatable bonds is 2. The van der Waals surface area contributed by atoms with Crippen molar-refractivity contribution >= 4 is 17.8 Å². The fourth-order valence-electron chi connectivity index (χ4n) is 2.20. The van der Waals surface area contributed by atoms with Crippen LogP contribution < -0.4 is 10.6 Å². The molecule has 0 unspecified atom stereocenters. The van der Waals surface area contributed by atoms with E-state index in [2.05, 4.69) is 20.8 Å². The average Bonchev–Trinajstić information content (AvgIpc) is 2.90. The monoisotopic (exact) mass is 309 g/mol. The van der Waals surface area contributed by atoms with Crippen molar-refractivity contribution in [3.05, 3.63) is 12.4 Å². The molecule has 1 aromatic rings. The van der Waals surface area contributed by atoms with Gasteiger partial charge in [0.1, 0.15) is 5.60 Å². The van der Waals surface area contributed by atoms with Gasteiger partial charge in [0.2, 0.25) is 0 Å². The molecule has 122 valence electrons. The number of carbonyl (C=O) groups excluding carboxylic acids is 2. The van der Waals surface area contributed by atoms with Crippen LogP contribution in [-0.4, -0.2) is 52.0 Å². The van der Waals surface area contributed by atoms with E-state index in [9.17, 15) is 9.59 Å². The molecule has 22 heavy (non-hydrogen) atoms. The van der Waals surface area contributed by atoms with Crippen LogP contribution in [0.5, 0.6) is 0 Å². The van der Waals surface area contributed by atoms with E-state index >= 15 is 0 Å². The molecule has 3 N–H and O–H groups in total. The van der Waals surface area contributed by atoms with Crippen LogP contribution in [0.15, 0.2) is 12.4 Å². The highest BCUT2D eigenvalue weighted by Crippen LogP contribution is 2.15. The summed E-state index contributed by atoms with van der Waals surface area (Å²) in [6.45, 7) is 6.69. The summed E-state index contributed by atoms with van der Waals surface area (Å²) in [5.74, 6) is 0. The maximum absolute atomic E-state index is 11.9. The van der Waals surface area contributed by atoms with E-state index in [0.29, 0.717) is 31.6 Å². The summed E-state index contributed by atoms with van der Waals surface area (Å²) in [6.07, 6.45) is 4.25. The van der Waals surface area contributed by atoms with Gasteiger partial charge in [0.15, 0.2) is 0 Å². The van der Waals surface area contributed by atoms with Gasteiger partial charge in [-0.1, -0.05) is 0 Å². The molecule has 2 heterocycles. The Morgan fingerprint density at radius 1 is 1.36 bits per heavy atom. The van der Waals surface area contributed by atoms with Gasteiger partial charge in [-0.25, -0.2) is 9.59 Å². The van der Waals surface area contributed by atoms with Crippen LogP contribution in [0.4, 0.5) is 15.3 Å².